The van der Waals surface area contributed by atoms with E-state index in [1.807, 2.05) is 0 Å². The Morgan fingerprint density at radius 2 is 2.00 bits per heavy atom. The molecule has 0 unspecified atom stereocenters. The first-order chi connectivity index (χ1) is 13.7. The number of hydrogen-bond donors (Lipinski definition) is 3. The molecule has 0 saturated carbocycles. The van der Waals surface area contributed by atoms with Gasteiger partial charge in [0.1, 0.15) is 23.7 Å². The van der Waals surface area contributed by atoms with Crippen molar-refractivity contribution in [2.75, 3.05) is 18.1 Å². The third-order valence-electron chi connectivity index (χ3n) is 4.35. The minimum atomic E-state index is -1.56. The van der Waals surface area contributed by atoms with Crippen LogP contribution >= 0.6 is 11.6 Å². The Kier molecular flexibility index (Phi) is 5.21. The molecule has 29 heavy (non-hydrogen) atoms. The van der Waals surface area contributed by atoms with E-state index in [1.165, 1.54) is 7.05 Å². The number of benzene rings is 2. The highest BCUT2D eigenvalue weighted by Crippen LogP contribution is 2.35. The maximum absolute atomic E-state index is 14.4. The first kappa shape index (κ1) is 20.2. The number of nitrogen functional groups attached to an aromatic ring is 1. The molecule has 1 aromatic heterocycles. The van der Waals surface area contributed by atoms with Crippen molar-refractivity contribution >= 4 is 39.8 Å². The van der Waals surface area contributed by atoms with Gasteiger partial charge >= 0.3 is 5.97 Å². The lowest BCUT2D eigenvalue weighted by Crippen LogP contribution is -2.20. The number of pyridine rings is 1. The Bertz CT molecular complexity index is 1240. The van der Waals surface area contributed by atoms with Gasteiger partial charge in [-0.2, -0.15) is 4.91 Å². The van der Waals surface area contributed by atoms with Gasteiger partial charge in [-0.1, -0.05) is 16.8 Å². The van der Waals surface area contributed by atoms with Gasteiger partial charge in [0.15, 0.2) is 0 Å². The summed E-state index contributed by atoms with van der Waals surface area (Å²) in [6.07, 6.45) is 0.956. The molecule has 0 amide bonds. The second kappa shape index (κ2) is 7.47. The van der Waals surface area contributed by atoms with Crippen molar-refractivity contribution in [1.82, 2.24) is 4.57 Å². The summed E-state index contributed by atoms with van der Waals surface area (Å²) in [6.45, 7) is -0.472. The van der Waals surface area contributed by atoms with Gasteiger partial charge in [0.25, 0.3) is 0 Å². The largest absolute Gasteiger partial charge is 0.477 e. The molecular weight excluding hydrogens is 410 g/mol. The van der Waals surface area contributed by atoms with Crippen LogP contribution in [0.2, 0.25) is 5.02 Å². The SMILES string of the molecule is CNc1c(F)cc2c(=O)c(C(=O)O)cn(-c3cc(N)c(F)cc3CN=O)c2c1Cl. The quantitative estimate of drug-likeness (QED) is 0.426. The van der Waals surface area contributed by atoms with E-state index in [0.717, 1.165) is 29.0 Å². The van der Waals surface area contributed by atoms with Crippen molar-refractivity contribution in [1.29, 1.82) is 0 Å². The van der Waals surface area contributed by atoms with Crippen molar-refractivity contribution in [2.24, 2.45) is 5.18 Å². The van der Waals surface area contributed by atoms with Crippen LogP contribution in [0, 0.1) is 16.5 Å². The highest BCUT2D eigenvalue weighted by molar-refractivity contribution is 6.38. The highest BCUT2D eigenvalue weighted by atomic mass is 35.5. The third-order valence-corrected chi connectivity index (χ3v) is 4.72. The van der Waals surface area contributed by atoms with Crippen LogP contribution in [0.15, 0.2) is 34.4 Å². The molecule has 3 aromatic rings. The van der Waals surface area contributed by atoms with Crippen LogP contribution in [0.5, 0.6) is 0 Å². The minimum Gasteiger partial charge on any atom is -0.477 e. The van der Waals surface area contributed by atoms with E-state index in [-0.39, 0.29) is 38.6 Å². The molecule has 4 N–H and O–H groups in total. The predicted octanol–water partition coefficient (Wildman–Crippen LogP) is 3.51. The van der Waals surface area contributed by atoms with Crippen LogP contribution in [0.25, 0.3) is 16.6 Å². The number of carboxylic acids is 1. The van der Waals surface area contributed by atoms with Gasteiger partial charge in [-0.25, -0.2) is 13.6 Å². The van der Waals surface area contributed by atoms with E-state index in [1.54, 1.807) is 0 Å². The van der Waals surface area contributed by atoms with Crippen molar-refractivity contribution in [3.63, 3.8) is 0 Å². The van der Waals surface area contributed by atoms with Crippen LogP contribution in [0.3, 0.4) is 0 Å². The zero-order valence-corrected chi connectivity index (χ0v) is 15.6. The molecule has 2 aromatic carbocycles. The van der Waals surface area contributed by atoms with Crippen LogP contribution in [-0.4, -0.2) is 22.7 Å². The third kappa shape index (κ3) is 3.27. The summed E-state index contributed by atoms with van der Waals surface area (Å²) in [5.41, 5.74) is 3.62. The van der Waals surface area contributed by atoms with E-state index in [0.29, 0.717) is 0 Å². The molecule has 0 spiro atoms. The number of fused-ring (bicyclic) bond motifs is 1. The average molecular weight is 423 g/mol. The number of carbonyl (C=O) groups is 1. The van der Waals surface area contributed by atoms with Gasteiger partial charge in [0, 0.05) is 18.8 Å². The van der Waals surface area contributed by atoms with Crippen LogP contribution in [0.1, 0.15) is 15.9 Å². The zero-order chi connectivity index (χ0) is 21.5. The van der Waals surface area contributed by atoms with Crippen molar-refractivity contribution < 1.29 is 18.7 Å². The van der Waals surface area contributed by atoms with Gasteiger partial charge in [0.05, 0.1) is 33.0 Å². The van der Waals surface area contributed by atoms with Crippen LogP contribution < -0.4 is 16.5 Å². The topological polar surface area (TPSA) is 127 Å². The van der Waals surface area contributed by atoms with E-state index in [2.05, 4.69) is 10.5 Å². The lowest BCUT2D eigenvalue weighted by Gasteiger charge is -2.19. The van der Waals surface area contributed by atoms with Crippen molar-refractivity contribution in [3.8, 4) is 5.69 Å². The summed E-state index contributed by atoms with van der Waals surface area (Å²) < 4.78 is 29.5. The number of nitroso groups, excluding NO2 is 1. The van der Waals surface area contributed by atoms with E-state index in [9.17, 15) is 28.4 Å². The Balaban J connectivity index is 2.59. The number of nitrogens with zero attached hydrogens (tertiary/aromatic N) is 2. The molecule has 0 saturated heterocycles. The number of aromatic nitrogens is 1. The van der Waals surface area contributed by atoms with Crippen molar-refractivity contribution in [3.05, 3.63) is 67.3 Å². The van der Waals surface area contributed by atoms with Crippen molar-refractivity contribution in [2.45, 2.75) is 6.54 Å². The van der Waals surface area contributed by atoms with E-state index < -0.39 is 35.1 Å². The number of halogens is 3. The average Bonchev–Trinajstić information content (AvgIpc) is 2.65. The highest BCUT2D eigenvalue weighted by Gasteiger charge is 2.23. The fourth-order valence-corrected chi connectivity index (χ4v) is 3.40. The molecule has 0 bridgehead atoms. The Labute approximate surface area is 166 Å². The molecule has 8 nitrogen and oxygen atoms in total. The predicted molar refractivity (Wildman–Crippen MR) is 105 cm³/mol. The second-order valence-electron chi connectivity index (χ2n) is 6.03. The molecule has 0 radical (unpaired) electrons. The molecule has 0 aliphatic rings. The number of carboxylic acid groups (broad SMARTS) is 1. The number of rotatable bonds is 5. The lowest BCUT2D eigenvalue weighted by molar-refractivity contribution is 0.0695. The number of anilines is 2. The van der Waals surface area contributed by atoms with Gasteiger partial charge in [-0.05, 0) is 18.2 Å². The fourth-order valence-electron chi connectivity index (χ4n) is 3.03. The Morgan fingerprint density at radius 1 is 1.31 bits per heavy atom. The molecule has 150 valence electrons. The van der Waals surface area contributed by atoms with Gasteiger partial charge < -0.3 is 20.7 Å². The summed E-state index contributed by atoms with van der Waals surface area (Å²) in [5.74, 6) is -3.25. The maximum atomic E-state index is 14.4. The lowest BCUT2D eigenvalue weighted by atomic mass is 10.1. The molecular formula is C18H13ClF2N4O4. The molecule has 3 rings (SSSR count). The first-order valence-electron chi connectivity index (χ1n) is 8.07. The maximum Gasteiger partial charge on any atom is 0.341 e. The summed E-state index contributed by atoms with van der Waals surface area (Å²) in [5, 5.41) is 14.2. The molecule has 0 aliphatic heterocycles. The van der Waals surface area contributed by atoms with Crippen LogP contribution in [0.4, 0.5) is 20.2 Å². The minimum absolute atomic E-state index is 0.0504. The Hall–Kier alpha value is -3.53. The van der Waals surface area contributed by atoms with Crippen LogP contribution in [-0.2, 0) is 6.54 Å². The van der Waals surface area contributed by atoms with E-state index >= 15 is 0 Å². The number of nitrogens with one attached hydrogen (secondary N) is 1. The molecule has 11 heteroatoms. The zero-order valence-electron chi connectivity index (χ0n) is 14.8. The standard InChI is InChI=1S/C18H13ClF2N4O4/c1-23-15-11(21)3-8-16(14(15)19)25(6-9(17(8)26)18(27)28)13-4-12(22)10(20)2-7(13)5-24-29/h2-4,6,23H,5,22H2,1H3,(H,27,28). The summed E-state index contributed by atoms with van der Waals surface area (Å²) in [4.78, 5) is 35.0. The summed E-state index contributed by atoms with van der Waals surface area (Å²) in [6, 6.07) is 2.96. The van der Waals surface area contributed by atoms with E-state index in [4.69, 9.17) is 17.3 Å². The number of hydrogen-bond acceptors (Lipinski definition) is 6. The summed E-state index contributed by atoms with van der Waals surface area (Å²) >= 11 is 6.31. The first-order valence-corrected chi connectivity index (χ1v) is 8.44. The number of aromatic carboxylic acids is 1. The van der Waals surface area contributed by atoms with Gasteiger partial charge in [0.2, 0.25) is 5.43 Å². The molecule has 0 fully saturated rings. The normalized spacial score (nSPS) is 10.9. The molecule has 0 aliphatic carbocycles. The molecule has 1 heterocycles. The second-order valence-corrected chi connectivity index (χ2v) is 6.41. The summed E-state index contributed by atoms with van der Waals surface area (Å²) in [7, 11) is 1.40. The Morgan fingerprint density at radius 3 is 2.59 bits per heavy atom. The van der Waals surface area contributed by atoms with Gasteiger partial charge in [-0.3, -0.25) is 4.79 Å². The fraction of sp³-hybridized carbons (Fsp3) is 0.111. The smallest absolute Gasteiger partial charge is 0.341 e. The molecule has 0 atom stereocenters. The number of nitrogens with two attached hydrogens (primary N) is 1. The van der Waals surface area contributed by atoms with Gasteiger partial charge in [-0.15, -0.1) is 0 Å². The monoisotopic (exact) mass is 422 g/mol.